The van der Waals surface area contributed by atoms with Gasteiger partial charge < -0.3 is 5.11 Å². The number of aliphatic carboxylic acids is 1. The van der Waals surface area contributed by atoms with Crippen LogP contribution in [0.4, 0.5) is 0 Å². The molecule has 8 heavy (non-hydrogen) atoms. The van der Waals surface area contributed by atoms with Crippen molar-refractivity contribution in [3.8, 4) is 0 Å². The van der Waals surface area contributed by atoms with E-state index < -0.39 is 5.97 Å². The number of carboxylic acids is 1. The molecule has 0 aromatic carbocycles. The molecule has 48 valence electrons. The van der Waals surface area contributed by atoms with E-state index in [1.807, 2.05) is 0 Å². The number of nitrogens with one attached hydrogen (secondary N) is 1. The van der Waals surface area contributed by atoms with Crippen molar-refractivity contribution >= 4 is 5.97 Å². The maximum atomic E-state index is 9.81. The van der Waals surface area contributed by atoms with Gasteiger partial charge in [-0.25, -0.2) is 5.43 Å². The van der Waals surface area contributed by atoms with Gasteiger partial charge in [0, 0.05) is 14.1 Å². The fourth-order valence-electron chi connectivity index (χ4n) is 0.226. The Morgan fingerprint density at radius 2 is 2.25 bits per heavy atom. The van der Waals surface area contributed by atoms with Crippen molar-refractivity contribution in [2.75, 3.05) is 20.6 Å². The van der Waals surface area contributed by atoms with E-state index in [-0.39, 0.29) is 6.54 Å². The highest BCUT2D eigenvalue weighted by Crippen LogP contribution is 1.62. The van der Waals surface area contributed by atoms with Crippen molar-refractivity contribution in [3.63, 3.8) is 0 Å². The number of rotatable bonds is 3. The lowest BCUT2D eigenvalue weighted by Gasteiger charge is -2.07. The predicted octanol–water partition coefficient (Wildman–Crippen LogP) is -0.863. The summed E-state index contributed by atoms with van der Waals surface area (Å²) in [5, 5.41) is 9.66. The van der Waals surface area contributed by atoms with Crippen LogP contribution in [0.25, 0.3) is 0 Å². The van der Waals surface area contributed by atoms with Crippen molar-refractivity contribution in [3.05, 3.63) is 0 Å². The third-order valence-corrected chi connectivity index (χ3v) is 0.547. The number of nitrogens with zero attached hydrogens (tertiary/aromatic N) is 1. The summed E-state index contributed by atoms with van der Waals surface area (Å²) in [5.74, 6) is -0.848. The SMILES string of the molecule is CN(C)NCC(=O)O. The second-order valence-corrected chi connectivity index (χ2v) is 1.62. The van der Waals surface area contributed by atoms with Gasteiger partial charge >= 0.3 is 5.97 Å². The molecule has 0 saturated carbocycles. The van der Waals surface area contributed by atoms with E-state index in [0.29, 0.717) is 0 Å². The minimum atomic E-state index is -0.848. The van der Waals surface area contributed by atoms with Gasteiger partial charge in [0.05, 0.1) is 0 Å². The van der Waals surface area contributed by atoms with Gasteiger partial charge in [-0.15, -0.1) is 0 Å². The highest BCUT2D eigenvalue weighted by molar-refractivity contribution is 5.68. The summed E-state index contributed by atoms with van der Waals surface area (Å²) in [6.07, 6.45) is 0. The van der Waals surface area contributed by atoms with Gasteiger partial charge in [0.1, 0.15) is 6.54 Å². The number of hydrogen-bond acceptors (Lipinski definition) is 3. The quantitative estimate of drug-likeness (QED) is 0.473. The Bertz CT molecular complexity index is 82.1. The third-order valence-electron chi connectivity index (χ3n) is 0.547. The van der Waals surface area contributed by atoms with Gasteiger partial charge in [-0.3, -0.25) is 9.80 Å². The number of hydrogen-bond donors (Lipinski definition) is 2. The lowest BCUT2D eigenvalue weighted by molar-refractivity contribution is -0.136. The molecule has 0 heterocycles. The second-order valence-electron chi connectivity index (χ2n) is 1.62. The molecule has 0 aliphatic carbocycles. The van der Waals surface area contributed by atoms with Gasteiger partial charge in [-0.05, 0) is 0 Å². The van der Waals surface area contributed by atoms with Gasteiger partial charge in [0.2, 0.25) is 0 Å². The van der Waals surface area contributed by atoms with Crippen LogP contribution in [0.3, 0.4) is 0 Å². The summed E-state index contributed by atoms with van der Waals surface area (Å²) in [6, 6.07) is 0. The topological polar surface area (TPSA) is 52.6 Å². The molecular formula is C4H10N2O2. The molecule has 0 saturated heterocycles. The summed E-state index contributed by atoms with van der Waals surface area (Å²) in [6.45, 7) is -0.0208. The number of hydrazine groups is 1. The molecule has 0 unspecified atom stereocenters. The van der Waals surface area contributed by atoms with E-state index in [2.05, 4.69) is 5.43 Å². The molecule has 0 aromatic rings. The third kappa shape index (κ3) is 5.39. The van der Waals surface area contributed by atoms with Crippen molar-refractivity contribution in [1.82, 2.24) is 10.4 Å². The summed E-state index contributed by atoms with van der Waals surface area (Å²) in [7, 11) is 3.48. The molecule has 0 fully saturated rings. The van der Waals surface area contributed by atoms with Crippen LogP contribution in [0.5, 0.6) is 0 Å². The van der Waals surface area contributed by atoms with Crippen LogP contribution in [0.15, 0.2) is 0 Å². The standard InChI is InChI=1S/C4H10N2O2/c1-6(2)5-3-4(7)8/h5H,3H2,1-2H3,(H,7,8). The van der Waals surface area contributed by atoms with E-state index >= 15 is 0 Å². The summed E-state index contributed by atoms with van der Waals surface area (Å²) < 4.78 is 0. The largest absolute Gasteiger partial charge is 0.480 e. The number of carboxylic acid groups (broad SMARTS) is 1. The van der Waals surface area contributed by atoms with Crippen molar-refractivity contribution in [2.24, 2.45) is 0 Å². The first-order valence-corrected chi connectivity index (χ1v) is 2.25. The predicted molar refractivity (Wildman–Crippen MR) is 29.3 cm³/mol. The molecule has 0 amide bonds. The van der Waals surface area contributed by atoms with Crippen LogP contribution >= 0.6 is 0 Å². The summed E-state index contributed by atoms with van der Waals surface area (Å²) in [4.78, 5) is 9.81. The zero-order valence-corrected chi connectivity index (χ0v) is 5.01. The van der Waals surface area contributed by atoms with Crippen LogP contribution in [0.1, 0.15) is 0 Å². The Labute approximate surface area is 48.1 Å². The Balaban J connectivity index is 3.05. The zero-order valence-electron chi connectivity index (χ0n) is 5.01. The van der Waals surface area contributed by atoms with E-state index in [1.54, 1.807) is 19.1 Å². The first kappa shape index (κ1) is 7.39. The maximum Gasteiger partial charge on any atom is 0.318 e. The molecule has 0 aliphatic rings. The molecule has 0 radical (unpaired) electrons. The van der Waals surface area contributed by atoms with Crippen molar-refractivity contribution in [1.29, 1.82) is 0 Å². The lowest BCUT2D eigenvalue weighted by Crippen LogP contribution is -2.34. The smallest absolute Gasteiger partial charge is 0.318 e. The summed E-state index contributed by atoms with van der Waals surface area (Å²) in [5.41, 5.74) is 2.58. The monoisotopic (exact) mass is 118 g/mol. The Kier molecular flexibility index (Phi) is 3.14. The van der Waals surface area contributed by atoms with Gasteiger partial charge in [-0.1, -0.05) is 0 Å². The van der Waals surface area contributed by atoms with E-state index in [4.69, 9.17) is 5.11 Å². The molecule has 0 atom stereocenters. The van der Waals surface area contributed by atoms with E-state index in [9.17, 15) is 4.79 Å². The average molecular weight is 118 g/mol. The Morgan fingerprint density at radius 3 is 2.38 bits per heavy atom. The van der Waals surface area contributed by atoms with Gasteiger partial charge in [0.15, 0.2) is 0 Å². The van der Waals surface area contributed by atoms with Crippen LogP contribution in [0, 0.1) is 0 Å². The molecule has 4 nitrogen and oxygen atoms in total. The zero-order chi connectivity index (χ0) is 6.57. The van der Waals surface area contributed by atoms with Crippen LogP contribution in [0.2, 0.25) is 0 Å². The average Bonchev–Trinajstić information content (AvgIpc) is 1.61. The van der Waals surface area contributed by atoms with Crippen LogP contribution in [-0.4, -0.2) is 36.7 Å². The van der Waals surface area contributed by atoms with Crippen LogP contribution in [-0.2, 0) is 4.79 Å². The molecule has 4 heteroatoms. The van der Waals surface area contributed by atoms with E-state index in [1.165, 1.54) is 0 Å². The van der Waals surface area contributed by atoms with Gasteiger partial charge in [-0.2, -0.15) is 0 Å². The Hall–Kier alpha value is -0.610. The first-order valence-electron chi connectivity index (χ1n) is 2.25. The molecule has 0 bridgehead atoms. The molecule has 0 aliphatic heterocycles. The van der Waals surface area contributed by atoms with Crippen LogP contribution < -0.4 is 5.43 Å². The fraction of sp³-hybridized carbons (Fsp3) is 0.750. The minimum Gasteiger partial charge on any atom is -0.480 e. The normalized spacial score (nSPS) is 9.88. The van der Waals surface area contributed by atoms with E-state index in [0.717, 1.165) is 0 Å². The van der Waals surface area contributed by atoms with Gasteiger partial charge in [0.25, 0.3) is 0 Å². The highest BCUT2D eigenvalue weighted by Gasteiger charge is 1.93. The molecule has 0 rings (SSSR count). The number of carbonyl (C=O) groups is 1. The fourth-order valence-corrected chi connectivity index (χ4v) is 0.226. The Morgan fingerprint density at radius 1 is 1.75 bits per heavy atom. The molecule has 0 spiro atoms. The van der Waals surface area contributed by atoms with Crippen molar-refractivity contribution in [2.45, 2.75) is 0 Å². The molecule has 0 aromatic heterocycles. The van der Waals surface area contributed by atoms with Crippen molar-refractivity contribution < 1.29 is 9.90 Å². The maximum absolute atomic E-state index is 9.81. The second kappa shape index (κ2) is 3.40. The molecule has 2 N–H and O–H groups in total. The molecular weight excluding hydrogens is 108 g/mol. The summed E-state index contributed by atoms with van der Waals surface area (Å²) >= 11 is 0. The lowest BCUT2D eigenvalue weighted by atomic mass is 10.7. The first-order chi connectivity index (χ1) is 3.63. The minimum absolute atomic E-state index is 0.0208. The highest BCUT2D eigenvalue weighted by atomic mass is 16.4.